The van der Waals surface area contributed by atoms with Gasteiger partial charge in [0.05, 0.1) is 0 Å². The minimum atomic E-state index is 0.0694. The van der Waals surface area contributed by atoms with Crippen LogP contribution in [0.5, 0.6) is 0 Å². The van der Waals surface area contributed by atoms with E-state index in [0.717, 1.165) is 30.8 Å². The number of carbonyl (C=O) groups excluding carboxylic acids is 1. The molecule has 0 spiro atoms. The molecular formula is C15H25N3O. The first-order chi connectivity index (χ1) is 9.10. The summed E-state index contributed by atoms with van der Waals surface area (Å²) < 4.78 is 0. The van der Waals surface area contributed by atoms with Gasteiger partial charge >= 0.3 is 0 Å². The van der Waals surface area contributed by atoms with Crippen molar-refractivity contribution in [2.75, 3.05) is 45.7 Å². The Morgan fingerprint density at radius 2 is 1.79 bits per heavy atom. The molecule has 1 rings (SSSR count). The standard InChI is InChI=1S/C15H25N3O/c1-5-11-17(3)14-8-6-13(7-9-14)15(19)18(4)12-10-16-2/h6-9,16H,5,10-12H2,1-4H3. The number of nitrogens with zero attached hydrogens (tertiary/aromatic N) is 2. The molecule has 0 aliphatic carbocycles. The van der Waals surface area contributed by atoms with Gasteiger partial charge in [-0.25, -0.2) is 0 Å². The molecule has 0 saturated carbocycles. The molecule has 0 unspecified atom stereocenters. The molecule has 0 radical (unpaired) electrons. The first kappa shape index (κ1) is 15.5. The van der Waals surface area contributed by atoms with Crippen LogP contribution in [0, 0.1) is 0 Å². The number of nitrogens with one attached hydrogen (secondary N) is 1. The molecule has 1 amide bonds. The van der Waals surface area contributed by atoms with Crippen LogP contribution in [0.3, 0.4) is 0 Å². The first-order valence-corrected chi connectivity index (χ1v) is 6.81. The Morgan fingerprint density at radius 3 is 2.32 bits per heavy atom. The molecule has 0 heterocycles. The number of benzene rings is 1. The van der Waals surface area contributed by atoms with Crippen LogP contribution in [-0.4, -0.2) is 51.6 Å². The fourth-order valence-electron chi connectivity index (χ4n) is 1.92. The Morgan fingerprint density at radius 1 is 1.16 bits per heavy atom. The Balaban J connectivity index is 2.67. The third-order valence-electron chi connectivity index (χ3n) is 3.16. The van der Waals surface area contributed by atoms with Crippen molar-refractivity contribution in [1.82, 2.24) is 10.2 Å². The molecule has 1 N–H and O–H groups in total. The van der Waals surface area contributed by atoms with Gasteiger partial charge in [0.1, 0.15) is 0 Å². The third-order valence-corrected chi connectivity index (χ3v) is 3.16. The summed E-state index contributed by atoms with van der Waals surface area (Å²) in [6.45, 7) is 4.70. The lowest BCUT2D eigenvalue weighted by atomic mass is 10.1. The van der Waals surface area contributed by atoms with E-state index in [0.29, 0.717) is 6.54 Å². The molecular weight excluding hydrogens is 238 g/mol. The molecule has 4 heteroatoms. The Kier molecular flexibility index (Phi) is 6.36. The highest BCUT2D eigenvalue weighted by molar-refractivity contribution is 5.94. The van der Waals surface area contributed by atoms with Gasteiger partial charge < -0.3 is 15.1 Å². The molecule has 0 bridgehead atoms. The molecule has 106 valence electrons. The summed E-state index contributed by atoms with van der Waals surface area (Å²) in [6.07, 6.45) is 1.12. The second kappa shape index (κ2) is 7.79. The summed E-state index contributed by atoms with van der Waals surface area (Å²) in [4.78, 5) is 16.1. The molecule has 0 aliphatic rings. The molecule has 4 nitrogen and oxygen atoms in total. The zero-order valence-electron chi connectivity index (χ0n) is 12.4. The van der Waals surface area contributed by atoms with Crippen molar-refractivity contribution in [2.24, 2.45) is 0 Å². The molecule has 1 aromatic rings. The molecule has 0 aliphatic heterocycles. The van der Waals surface area contributed by atoms with E-state index in [-0.39, 0.29) is 5.91 Å². The Bertz CT molecular complexity index is 389. The van der Waals surface area contributed by atoms with E-state index in [9.17, 15) is 4.79 Å². The van der Waals surface area contributed by atoms with Crippen molar-refractivity contribution in [2.45, 2.75) is 13.3 Å². The van der Waals surface area contributed by atoms with Gasteiger partial charge in [-0.05, 0) is 37.7 Å². The second-order valence-electron chi connectivity index (χ2n) is 4.80. The molecule has 1 aromatic carbocycles. The normalized spacial score (nSPS) is 10.3. The van der Waals surface area contributed by atoms with Gasteiger partial charge in [-0.3, -0.25) is 4.79 Å². The highest BCUT2D eigenvalue weighted by Crippen LogP contribution is 2.15. The number of amides is 1. The van der Waals surface area contributed by atoms with Crippen LogP contribution in [0.2, 0.25) is 0 Å². The summed E-state index contributed by atoms with van der Waals surface area (Å²) >= 11 is 0. The SMILES string of the molecule is CCCN(C)c1ccc(C(=O)N(C)CCNC)cc1. The van der Waals surface area contributed by atoms with Crippen molar-refractivity contribution in [1.29, 1.82) is 0 Å². The van der Waals surface area contributed by atoms with Crippen molar-refractivity contribution in [3.05, 3.63) is 29.8 Å². The first-order valence-electron chi connectivity index (χ1n) is 6.81. The minimum Gasteiger partial charge on any atom is -0.375 e. The largest absolute Gasteiger partial charge is 0.375 e. The van der Waals surface area contributed by atoms with E-state index in [1.54, 1.807) is 4.90 Å². The fraction of sp³-hybridized carbons (Fsp3) is 0.533. The number of hydrogen-bond donors (Lipinski definition) is 1. The van der Waals surface area contributed by atoms with Gasteiger partial charge in [-0.2, -0.15) is 0 Å². The third kappa shape index (κ3) is 4.56. The van der Waals surface area contributed by atoms with Gasteiger partial charge in [0.25, 0.3) is 5.91 Å². The van der Waals surface area contributed by atoms with Crippen molar-refractivity contribution < 1.29 is 4.79 Å². The lowest BCUT2D eigenvalue weighted by molar-refractivity contribution is 0.0797. The van der Waals surface area contributed by atoms with E-state index in [1.807, 2.05) is 38.4 Å². The van der Waals surface area contributed by atoms with Crippen LogP contribution < -0.4 is 10.2 Å². The maximum atomic E-state index is 12.1. The quantitative estimate of drug-likeness (QED) is 0.815. The van der Waals surface area contributed by atoms with Crippen molar-refractivity contribution >= 4 is 11.6 Å². The van der Waals surface area contributed by atoms with E-state index in [2.05, 4.69) is 24.2 Å². The molecule has 0 fully saturated rings. The zero-order chi connectivity index (χ0) is 14.3. The average Bonchev–Trinajstić information content (AvgIpc) is 2.44. The van der Waals surface area contributed by atoms with Crippen LogP contribution in [0.1, 0.15) is 23.7 Å². The summed E-state index contributed by atoms with van der Waals surface area (Å²) in [5.74, 6) is 0.0694. The van der Waals surface area contributed by atoms with E-state index >= 15 is 0 Å². The van der Waals surface area contributed by atoms with E-state index < -0.39 is 0 Å². The van der Waals surface area contributed by atoms with Gasteiger partial charge in [0.15, 0.2) is 0 Å². The highest BCUT2D eigenvalue weighted by Gasteiger charge is 2.11. The number of hydrogen-bond acceptors (Lipinski definition) is 3. The van der Waals surface area contributed by atoms with Gasteiger partial charge in [-0.15, -0.1) is 0 Å². The van der Waals surface area contributed by atoms with Crippen molar-refractivity contribution in [3.8, 4) is 0 Å². The summed E-state index contributed by atoms with van der Waals surface area (Å²) in [5, 5.41) is 3.04. The smallest absolute Gasteiger partial charge is 0.253 e. The average molecular weight is 263 g/mol. The van der Waals surface area contributed by atoms with Crippen LogP contribution in [0.4, 0.5) is 5.69 Å². The topological polar surface area (TPSA) is 35.6 Å². The highest BCUT2D eigenvalue weighted by atomic mass is 16.2. The van der Waals surface area contributed by atoms with Gasteiger partial charge in [0.2, 0.25) is 0 Å². The Labute approximate surface area is 116 Å². The van der Waals surface area contributed by atoms with Crippen LogP contribution in [-0.2, 0) is 0 Å². The predicted octanol–water partition coefficient (Wildman–Crippen LogP) is 1.82. The molecule has 19 heavy (non-hydrogen) atoms. The molecule has 0 atom stereocenters. The molecule has 0 saturated heterocycles. The lowest BCUT2D eigenvalue weighted by Gasteiger charge is -2.20. The number of anilines is 1. The monoisotopic (exact) mass is 263 g/mol. The predicted molar refractivity (Wildman–Crippen MR) is 80.9 cm³/mol. The minimum absolute atomic E-state index is 0.0694. The second-order valence-corrected chi connectivity index (χ2v) is 4.80. The Hall–Kier alpha value is -1.55. The summed E-state index contributed by atoms with van der Waals surface area (Å²) in [7, 11) is 5.78. The number of rotatable bonds is 7. The number of carbonyl (C=O) groups is 1. The van der Waals surface area contributed by atoms with Crippen LogP contribution in [0.25, 0.3) is 0 Å². The van der Waals surface area contributed by atoms with E-state index in [4.69, 9.17) is 0 Å². The maximum Gasteiger partial charge on any atom is 0.253 e. The van der Waals surface area contributed by atoms with Crippen LogP contribution >= 0.6 is 0 Å². The van der Waals surface area contributed by atoms with Crippen molar-refractivity contribution in [3.63, 3.8) is 0 Å². The number of likely N-dealkylation sites (N-methyl/N-ethyl adjacent to an activating group) is 2. The zero-order valence-corrected chi connectivity index (χ0v) is 12.4. The summed E-state index contributed by atoms with van der Waals surface area (Å²) in [5.41, 5.74) is 1.89. The summed E-state index contributed by atoms with van der Waals surface area (Å²) in [6, 6.07) is 7.82. The van der Waals surface area contributed by atoms with Crippen LogP contribution in [0.15, 0.2) is 24.3 Å². The van der Waals surface area contributed by atoms with E-state index in [1.165, 1.54) is 0 Å². The van der Waals surface area contributed by atoms with Gasteiger partial charge in [0, 0.05) is 45.0 Å². The lowest BCUT2D eigenvalue weighted by Crippen LogP contribution is -2.32. The maximum absolute atomic E-state index is 12.1. The molecule has 0 aromatic heterocycles. The van der Waals surface area contributed by atoms with Gasteiger partial charge in [-0.1, -0.05) is 6.92 Å². The fourth-order valence-corrected chi connectivity index (χ4v) is 1.92.